The number of pyridine rings is 2. The summed E-state index contributed by atoms with van der Waals surface area (Å²) < 4.78 is 60.7. The van der Waals surface area contributed by atoms with Crippen molar-refractivity contribution in [3.8, 4) is 22.6 Å². The Morgan fingerprint density at radius 2 is 1.91 bits per heavy atom. The second-order valence-corrected chi connectivity index (χ2v) is 14.5. The molecule has 1 aliphatic heterocycles. The summed E-state index contributed by atoms with van der Waals surface area (Å²) in [5.41, 5.74) is -1.12. The number of nitrogens with zero attached hydrogens (tertiary/aromatic N) is 3. The van der Waals surface area contributed by atoms with Crippen molar-refractivity contribution in [2.24, 2.45) is 5.92 Å². The molecular formula is C34H34ClF2N3O5S. The number of phenols is 1. The second-order valence-electron chi connectivity index (χ2n) is 12.1. The lowest BCUT2D eigenvalue weighted by Crippen LogP contribution is -2.42. The molecule has 242 valence electrons. The number of aromatic hydroxyl groups is 1. The van der Waals surface area contributed by atoms with Gasteiger partial charge in [0.2, 0.25) is 5.91 Å². The number of amides is 1. The van der Waals surface area contributed by atoms with Gasteiger partial charge in [-0.1, -0.05) is 45.0 Å². The number of halogens is 3. The first kappa shape index (κ1) is 33.3. The molecule has 2 atom stereocenters. The van der Waals surface area contributed by atoms with Gasteiger partial charge in [-0.05, 0) is 72.6 Å². The topological polar surface area (TPSA) is 110 Å². The van der Waals surface area contributed by atoms with Gasteiger partial charge in [-0.2, -0.15) is 0 Å². The van der Waals surface area contributed by atoms with Gasteiger partial charge in [0.1, 0.15) is 16.5 Å². The number of fused-ring (bicyclic) bond motifs is 1. The zero-order valence-electron chi connectivity index (χ0n) is 26.1. The maximum Gasteiger partial charge on any atom is 0.274 e. The largest absolute Gasteiger partial charge is 0.507 e. The fraction of sp³-hybridized carbons (Fsp3) is 0.324. The summed E-state index contributed by atoms with van der Waals surface area (Å²) in [5.74, 6) is -4.16. The molecule has 2 aromatic heterocycles. The number of carbonyl (C=O) groups excluding carboxylic acids is 1. The van der Waals surface area contributed by atoms with Crippen molar-refractivity contribution in [2.75, 3.05) is 19.3 Å². The minimum atomic E-state index is -4.26. The molecule has 1 N–H and O–H groups in total. The zero-order valence-corrected chi connectivity index (χ0v) is 27.6. The van der Waals surface area contributed by atoms with Crippen molar-refractivity contribution < 1.29 is 27.1 Å². The third kappa shape index (κ3) is 5.49. The normalized spacial score (nSPS) is 17.1. The van der Waals surface area contributed by atoms with Crippen LogP contribution in [0.25, 0.3) is 27.7 Å². The molecule has 4 aromatic rings. The lowest BCUT2D eigenvalue weighted by Gasteiger charge is -2.38. The standard InChI is InChI=1S/C34H34ClF2N3O5S/c1-7-25(42)39-14-12-20(19(5)16-39)26-21-15-22(35)27(28-23(36)9-8-10-24(28)41)29(37)32(21)40(34(43)33(26)46(6,44)45)31-18(4)11-13-38-30(31)17(2)3/h7-11,13,15,17,19-20,41H,1,12,14,16H2,2-6H3/t19-,20?/m0/s1. The summed E-state index contributed by atoms with van der Waals surface area (Å²) in [6.07, 6.45) is 3.93. The van der Waals surface area contributed by atoms with E-state index in [0.29, 0.717) is 11.3 Å². The SMILES string of the molecule is C=CC(=O)N1CCC(c2c(S(C)(=O)=O)c(=O)n(-c3c(C)ccnc3C(C)C)c3c(F)c(-c4c(O)cccc4F)c(Cl)cc23)[C@@H](C)C1. The first-order chi connectivity index (χ1) is 21.6. The number of benzene rings is 2. The minimum absolute atomic E-state index is 0.0420. The molecule has 8 nitrogen and oxygen atoms in total. The number of hydrogen-bond donors (Lipinski definition) is 1. The summed E-state index contributed by atoms with van der Waals surface area (Å²) >= 11 is 6.70. The van der Waals surface area contributed by atoms with E-state index >= 15 is 8.78 Å². The Morgan fingerprint density at radius 1 is 1.22 bits per heavy atom. The highest BCUT2D eigenvalue weighted by Gasteiger charge is 2.38. The molecule has 0 bridgehead atoms. The molecule has 5 rings (SSSR count). The van der Waals surface area contributed by atoms with E-state index in [2.05, 4.69) is 11.6 Å². The molecule has 0 spiro atoms. The van der Waals surface area contributed by atoms with Gasteiger partial charge in [0.15, 0.2) is 15.7 Å². The van der Waals surface area contributed by atoms with Crippen LogP contribution in [0.5, 0.6) is 5.75 Å². The maximum atomic E-state index is 17.3. The summed E-state index contributed by atoms with van der Waals surface area (Å²) in [6.45, 7) is 11.2. The molecular weight excluding hydrogens is 636 g/mol. The number of likely N-dealkylation sites (tertiary alicyclic amines) is 1. The summed E-state index contributed by atoms with van der Waals surface area (Å²) in [5, 5.41) is 10.4. The molecule has 0 saturated carbocycles. The first-order valence-electron chi connectivity index (χ1n) is 14.8. The van der Waals surface area contributed by atoms with Crippen LogP contribution >= 0.6 is 11.6 Å². The van der Waals surface area contributed by atoms with Crippen LogP contribution in [-0.2, 0) is 14.6 Å². The predicted molar refractivity (Wildman–Crippen MR) is 175 cm³/mol. The van der Waals surface area contributed by atoms with E-state index in [1.165, 1.54) is 24.3 Å². The van der Waals surface area contributed by atoms with Crippen LogP contribution in [0.4, 0.5) is 8.78 Å². The average Bonchev–Trinajstić information content (AvgIpc) is 2.97. The third-order valence-electron chi connectivity index (χ3n) is 8.65. The van der Waals surface area contributed by atoms with Gasteiger partial charge in [0, 0.05) is 36.5 Å². The first-order valence-corrected chi connectivity index (χ1v) is 17.0. The quantitative estimate of drug-likeness (QED) is 0.230. The van der Waals surface area contributed by atoms with Gasteiger partial charge < -0.3 is 10.0 Å². The summed E-state index contributed by atoms with van der Waals surface area (Å²) in [6, 6.07) is 6.44. The molecule has 3 heterocycles. The van der Waals surface area contributed by atoms with Crippen LogP contribution in [0.15, 0.2) is 58.9 Å². The predicted octanol–water partition coefficient (Wildman–Crippen LogP) is 6.66. The van der Waals surface area contributed by atoms with Crippen LogP contribution in [0.2, 0.25) is 5.02 Å². The van der Waals surface area contributed by atoms with Crippen molar-refractivity contribution in [1.29, 1.82) is 0 Å². The molecule has 1 amide bonds. The van der Waals surface area contributed by atoms with Crippen molar-refractivity contribution in [3.05, 3.63) is 93.0 Å². The molecule has 0 radical (unpaired) electrons. The Morgan fingerprint density at radius 3 is 2.50 bits per heavy atom. The lowest BCUT2D eigenvalue weighted by molar-refractivity contribution is -0.127. The van der Waals surface area contributed by atoms with Gasteiger partial charge in [0.05, 0.1) is 27.5 Å². The van der Waals surface area contributed by atoms with E-state index in [0.717, 1.165) is 16.9 Å². The van der Waals surface area contributed by atoms with Crippen molar-refractivity contribution >= 4 is 38.2 Å². The number of rotatable bonds is 6. The summed E-state index contributed by atoms with van der Waals surface area (Å²) in [7, 11) is -4.26. The number of hydrogen-bond acceptors (Lipinski definition) is 6. The van der Waals surface area contributed by atoms with Crippen LogP contribution in [0.3, 0.4) is 0 Å². The van der Waals surface area contributed by atoms with Crippen molar-refractivity contribution in [3.63, 3.8) is 0 Å². The van der Waals surface area contributed by atoms with Crippen molar-refractivity contribution in [2.45, 2.75) is 50.8 Å². The maximum absolute atomic E-state index is 17.3. The molecule has 2 aromatic carbocycles. The highest BCUT2D eigenvalue weighted by atomic mass is 35.5. The number of aromatic nitrogens is 2. The number of piperidine rings is 1. The number of sulfone groups is 1. The van der Waals surface area contributed by atoms with Crippen LogP contribution in [-0.4, -0.2) is 53.2 Å². The minimum Gasteiger partial charge on any atom is -0.507 e. The van der Waals surface area contributed by atoms with Gasteiger partial charge in [0.25, 0.3) is 5.56 Å². The zero-order chi connectivity index (χ0) is 33.8. The Kier molecular flexibility index (Phi) is 8.87. The van der Waals surface area contributed by atoms with Gasteiger partial charge in [-0.25, -0.2) is 17.2 Å². The van der Waals surface area contributed by atoms with E-state index in [4.69, 9.17) is 11.6 Å². The van der Waals surface area contributed by atoms with E-state index in [9.17, 15) is 23.1 Å². The molecule has 1 unspecified atom stereocenters. The number of aryl methyl sites for hydroxylation is 1. The van der Waals surface area contributed by atoms with Gasteiger partial charge in [-0.15, -0.1) is 0 Å². The highest BCUT2D eigenvalue weighted by Crippen LogP contribution is 2.46. The fourth-order valence-corrected chi connectivity index (χ4v) is 7.95. The average molecular weight is 670 g/mol. The van der Waals surface area contributed by atoms with Gasteiger partial charge in [-0.3, -0.25) is 19.1 Å². The lowest BCUT2D eigenvalue weighted by atomic mass is 9.79. The fourth-order valence-electron chi connectivity index (χ4n) is 6.59. The molecule has 0 aliphatic carbocycles. The highest BCUT2D eigenvalue weighted by molar-refractivity contribution is 7.90. The third-order valence-corrected chi connectivity index (χ3v) is 10.1. The molecule has 46 heavy (non-hydrogen) atoms. The molecule has 1 saturated heterocycles. The van der Waals surface area contributed by atoms with Crippen LogP contribution in [0, 0.1) is 24.5 Å². The van der Waals surface area contributed by atoms with E-state index in [1.54, 1.807) is 24.1 Å². The Bertz CT molecular complexity index is 2080. The summed E-state index contributed by atoms with van der Waals surface area (Å²) in [4.78, 5) is 32.7. The number of carbonyl (C=O) groups is 1. The Labute approximate surface area is 270 Å². The van der Waals surface area contributed by atoms with Crippen LogP contribution in [0.1, 0.15) is 55.8 Å². The Balaban J connectivity index is 2.03. The smallest absolute Gasteiger partial charge is 0.274 e. The molecule has 12 heteroatoms. The second kappa shape index (κ2) is 12.3. The van der Waals surface area contributed by atoms with Gasteiger partial charge >= 0.3 is 0 Å². The monoisotopic (exact) mass is 669 g/mol. The van der Waals surface area contributed by atoms with E-state index in [-0.39, 0.29) is 64.4 Å². The Hall–Kier alpha value is -4.09. The van der Waals surface area contributed by atoms with E-state index in [1.807, 2.05) is 20.8 Å². The molecule has 1 fully saturated rings. The van der Waals surface area contributed by atoms with Crippen molar-refractivity contribution in [1.82, 2.24) is 14.5 Å². The molecule has 1 aliphatic rings. The van der Waals surface area contributed by atoms with E-state index < -0.39 is 54.7 Å². The number of phenolic OH excluding ortho intramolecular Hbond substituents is 1. The van der Waals surface area contributed by atoms with Crippen LogP contribution < -0.4 is 5.56 Å².